The molecule has 0 spiro atoms. The van der Waals surface area contributed by atoms with Gasteiger partial charge in [-0.1, -0.05) is 40.2 Å². The van der Waals surface area contributed by atoms with Gasteiger partial charge in [0.15, 0.2) is 5.82 Å². The summed E-state index contributed by atoms with van der Waals surface area (Å²) in [6.07, 6.45) is 0. The molecule has 0 saturated heterocycles. The number of para-hydroxylation sites is 1. The standard InChI is InChI=1S/C13H8BrFN2/c14-9-5-2-1-4-8(9)13-16-11-7-3-6-10(15)12(11)17-13/h1-7H,(H,16,17). The molecular weight excluding hydrogens is 283 g/mol. The first-order valence-corrected chi connectivity index (χ1v) is 5.94. The normalized spacial score (nSPS) is 10.9. The van der Waals surface area contributed by atoms with Crippen molar-refractivity contribution in [3.05, 3.63) is 52.8 Å². The predicted molar refractivity (Wildman–Crippen MR) is 69.2 cm³/mol. The van der Waals surface area contributed by atoms with Gasteiger partial charge in [-0.15, -0.1) is 0 Å². The number of H-pyrrole nitrogens is 1. The highest BCUT2D eigenvalue weighted by atomic mass is 79.9. The number of fused-ring (bicyclic) bond motifs is 1. The van der Waals surface area contributed by atoms with Crippen LogP contribution in [0.15, 0.2) is 46.9 Å². The summed E-state index contributed by atoms with van der Waals surface area (Å²) in [7, 11) is 0. The SMILES string of the molecule is Fc1cccc2[nH]c(-c3ccccc3Br)nc12. The third kappa shape index (κ3) is 1.74. The molecule has 0 atom stereocenters. The summed E-state index contributed by atoms with van der Waals surface area (Å²) in [5, 5.41) is 0. The van der Waals surface area contributed by atoms with Crippen molar-refractivity contribution in [2.45, 2.75) is 0 Å². The first kappa shape index (κ1) is 10.5. The monoisotopic (exact) mass is 290 g/mol. The Morgan fingerprint density at radius 1 is 1.06 bits per heavy atom. The number of hydrogen-bond donors (Lipinski definition) is 1. The number of imidazole rings is 1. The van der Waals surface area contributed by atoms with E-state index >= 15 is 0 Å². The molecule has 17 heavy (non-hydrogen) atoms. The lowest BCUT2D eigenvalue weighted by Gasteiger charge is -1.98. The van der Waals surface area contributed by atoms with Crippen LogP contribution in [-0.4, -0.2) is 9.97 Å². The molecule has 3 aromatic rings. The smallest absolute Gasteiger partial charge is 0.151 e. The number of hydrogen-bond acceptors (Lipinski definition) is 1. The molecule has 0 bridgehead atoms. The number of rotatable bonds is 1. The first-order chi connectivity index (χ1) is 8.25. The lowest BCUT2D eigenvalue weighted by atomic mass is 10.2. The number of aromatic amines is 1. The fraction of sp³-hybridized carbons (Fsp3) is 0. The molecule has 0 saturated carbocycles. The Bertz CT molecular complexity index is 691. The van der Waals surface area contributed by atoms with Gasteiger partial charge in [0.2, 0.25) is 0 Å². The maximum atomic E-state index is 13.5. The Hall–Kier alpha value is -1.68. The van der Waals surface area contributed by atoms with E-state index in [2.05, 4.69) is 25.9 Å². The number of aromatic nitrogens is 2. The van der Waals surface area contributed by atoms with E-state index < -0.39 is 0 Å². The molecule has 2 aromatic carbocycles. The Kier molecular flexibility index (Phi) is 2.44. The zero-order valence-corrected chi connectivity index (χ0v) is 10.3. The van der Waals surface area contributed by atoms with Crippen LogP contribution in [0.2, 0.25) is 0 Å². The van der Waals surface area contributed by atoms with Crippen molar-refractivity contribution in [1.29, 1.82) is 0 Å². The van der Waals surface area contributed by atoms with Gasteiger partial charge in [0.25, 0.3) is 0 Å². The minimum Gasteiger partial charge on any atom is -0.338 e. The van der Waals surface area contributed by atoms with E-state index in [0.717, 1.165) is 10.0 Å². The molecule has 0 amide bonds. The average Bonchev–Trinajstić information content (AvgIpc) is 2.75. The van der Waals surface area contributed by atoms with Crippen molar-refractivity contribution in [1.82, 2.24) is 9.97 Å². The molecule has 4 heteroatoms. The van der Waals surface area contributed by atoms with Crippen molar-refractivity contribution < 1.29 is 4.39 Å². The quantitative estimate of drug-likeness (QED) is 0.717. The second-order valence-corrected chi connectivity index (χ2v) is 4.56. The van der Waals surface area contributed by atoms with Gasteiger partial charge in [0, 0.05) is 10.0 Å². The largest absolute Gasteiger partial charge is 0.338 e. The summed E-state index contributed by atoms with van der Waals surface area (Å²) >= 11 is 3.46. The van der Waals surface area contributed by atoms with Crippen LogP contribution in [0, 0.1) is 5.82 Å². The third-order valence-electron chi connectivity index (χ3n) is 2.59. The highest BCUT2D eigenvalue weighted by Crippen LogP contribution is 2.27. The lowest BCUT2D eigenvalue weighted by molar-refractivity contribution is 0.637. The maximum absolute atomic E-state index is 13.5. The molecule has 0 aliphatic heterocycles. The molecule has 1 heterocycles. The maximum Gasteiger partial charge on any atom is 0.151 e. The summed E-state index contributed by atoms with van der Waals surface area (Å²) in [5.74, 6) is 0.356. The number of halogens is 2. The summed E-state index contributed by atoms with van der Waals surface area (Å²) < 4.78 is 14.5. The molecule has 3 rings (SSSR count). The summed E-state index contributed by atoms with van der Waals surface area (Å²) in [6.45, 7) is 0. The fourth-order valence-electron chi connectivity index (χ4n) is 1.78. The average molecular weight is 291 g/mol. The van der Waals surface area contributed by atoms with Crippen LogP contribution in [0.5, 0.6) is 0 Å². The van der Waals surface area contributed by atoms with E-state index in [-0.39, 0.29) is 5.82 Å². The molecule has 0 fully saturated rings. The summed E-state index contributed by atoms with van der Waals surface area (Å²) in [4.78, 5) is 7.40. The van der Waals surface area contributed by atoms with Crippen molar-refractivity contribution in [2.24, 2.45) is 0 Å². The Balaban J connectivity index is 2.26. The second kappa shape index (κ2) is 3.96. The van der Waals surface area contributed by atoms with Gasteiger partial charge < -0.3 is 4.98 Å². The van der Waals surface area contributed by atoms with Crippen LogP contribution < -0.4 is 0 Å². The predicted octanol–water partition coefficient (Wildman–Crippen LogP) is 4.13. The van der Waals surface area contributed by atoms with Crippen LogP contribution in [0.25, 0.3) is 22.4 Å². The first-order valence-electron chi connectivity index (χ1n) is 5.15. The molecule has 1 aromatic heterocycles. The van der Waals surface area contributed by atoms with Gasteiger partial charge in [-0.05, 0) is 18.2 Å². The Morgan fingerprint density at radius 2 is 1.88 bits per heavy atom. The van der Waals surface area contributed by atoms with E-state index in [1.807, 2.05) is 30.3 Å². The Labute approximate surface area is 106 Å². The van der Waals surface area contributed by atoms with Gasteiger partial charge in [0.1, 0.15) is 11.3 Å². The van der Waals surface area contributed by atoms with Gasteiger partial charge >= 0.3 is 0 Å². The highest BCUT2D eigenvalue weighted by Gasteiger charge is 2.10. The fourth-order valence-corrected chi connectivity index (χ4v) is 2.25. The second-order valence-electron chi connectivity index (χ2n) is 3.70. The summed E-state index contributed by atoms with van der Waals surface area (Å²) in [5.41, 5.74) is 2.00. The molecule has 2 nitrogen and oxygen atoms in total. The minimum atomic E-state index is -0.308. The molecule has 0 aliphatic carbocycles. The zero-order valence-electron chi connectivity index (χ0n) is 8.74. The number of benzene rings is 2. The van der Waals surface area contributed by atoms with Crippen molar-refractivity contribution in [2.75, 3.05) is 0 Å². The topological polar surface area (TPSA) is 28.7 Å². The van der Waals surface area contributed by atoms with Crippen molar-refractivity contribution in [3.63, 3.8) is 0 Å². The highest BCUT2D eigenvalue weighted by molar-refractivity contribution is 9.10. The van der Waals surface area contributed by atoms with Crippen LogP contribution in [0.1, 0.15) is 0 Å². The van der Waals surface area contributed by atoms with E-state index in [4.69, 9.17) is 0 Å². The third-order valence-corrected chi connectivity index (χ3v) is 3.28. The number of nitrogens with one attached hydrogen (secondary N) is 1. The van der Waals surface area contributed by atoms with E-state index in [9.17, 15) is 4.39 Å². The van der Waals surface area contributed by atoms with Gasteiger partial charge in [-0.2, -0.15) is 0 Å². The molecular formula is C13H8BrFN2. The van der Waals surface area contributed by atoms with Gasteiger partial charge in [0.05, 0.1) is 5.52 Å². The van der Waals surface area contributed by atoms with Crippen LogP contribution in [-0.2, 0) is 0 Å². The molecule has 1 N–H and O–H groups in total. The van der Waals surface area contributed by atoms with Crippen LogP contribution >= 0.6 is 15.9 Å². The van der Waals surface area contributed by atoms with Gasteiger partial charge in [-0.3, -0.25) is 0 Å². The minimum absolute atomic E-state index is 0.308. The number of nitrogens with zero attached hydrogens (tertiary/aromatic N) is 1. The van der Waals surface area contributed by atoms with E-state index in [1.165, 1.54) is 6.07 Å². The molecule has 84 valence electrons. The van der Waals surface area contributed by atoms with Crippen LogP contribution in [0.4, 0.5) is 4.39 Å². The van der Waals surface area contributed by atoms with Crippen molar-refractivity contribution in [3.8, 4) is 11.4 Å². The van der Waals surface area contributed by atoms with Crippen molar-refractivity contribution >= 4 is 27.0 Å². The molecule has 0 unspecified atom stereocenters. The van der Waals surface area contributed by atoms with Crippen LogP contribution in [0.3, 0.4) is 0 Å². The molecule has 0 aliphatic rings. The van der Waals surface area contributed by atoms with E-state index in [0.29, 0.717) is 16.9 Å². The van der Waals surface area contributed by atoms with Gasteiger partial charge in [-0.25, -0.2) is 9.37 Å². The molecule has 0 radical (unpaired) electrons. The zero-order chi connectivity index (χ0) is 11.8. The van der Waals surface area contributed by atoms with E-state index in [1.54, 1.807) is 6.07 Å². The Morgan fingerprint density at radius 3 is 2.65 bits per heavy atom. The lowest BCUT2D eigenvalue weighted by Crippen LogP contribution is -1.81. The summed E-state index contributed by atoms with van der Waals surface area (Å²) in [6, 6.07) is 12.6.